The van der Waals surface area contributed by atoms with Crippen molar-refractivity contribution >= 4 is 59.0 Å². The fourth-order valence-electron chi connectivity index (χ4n) is 11.9. The van der Waals surface area contributed by atoms with E-state index in [1.54, 1.807) is 61.3 Å². The van der Waals surface area contributed by atoms with E-state index < -0.39 is 59.2 Å². The van der Waals surface area contributed by atoms with Crippen molar-refractivity contribution in [2.45, 2.75) is 165 Å². The summed E-state index contributed by atoms with van der Waals surface area (Å²) in [7, 11) is 3.41. The topological polar surface area (TPSA) is 200 Å². The molecule has 6 N–H and O–H groups in total. The van der Waals surface area contributed by atoms with E-state index in [9.17, 15) is 28.8 Å². The maximum absolute atomic E-state index is 14.7. The summed E-state index contributed by atoms with van der Waals surface area (Å²) < 4.78 is 13.4. The molecule has 3 aromatic rings. The molecule has 4 fully saturated rings. The van der Waals surface area contributed by atoms with Gasteiger partial charge in [0, 0.05) is 12.8 Å². The molecule has 16 nitrogen and oxygen atoms in total. The molecule has 6 amide bonds. The Bertz CT molecular complexity index is 2420. The monoisotopic (exact) mass is 1050 g/mol. The van der Waals surface area contributed by atoms with E-state index in [2.05, 4.69) is 44.0 Å². The van der Waals surface area contributed by atoms with Gasteiger partial charge in [-0.3, -0.25) is 28.8 Å². The standard InChI is InChI=1S/C56H74N8O8S2/c1-31(57-7)49(65)59-39-21-23-73-43-27-55(3,4)47(63(43)53(39)69)51(67)61-45-37-15-11-9-13-35(37)25-41(45)71-29-33-17-19-34(20-18-33)30-72-42-26-36-14-10-12-16-38(36)46(42)62-52(68)48-56(5,6)28-44-64(48)54(70)40(22-24-74-44)60-50(66)32(2)58-8/h9-20,31-32,39-48,57-58H,21-30H2,1-8H3,(H,59,65)(H,60,66)(H,61,67)(H,62,68)/t31-,32-,39-,40-,41+,42+,43-,44+,45-,46+,47+,48+/m0/s1. The van der Waals surface area contributed by atoms with Gasteiger partial charge in [0.05, 0.1) is 60.3 Å². The molecule has 9 rings (SSSR count). The summed E-state index contributed by atoms with van der Waals surface area (Å²) in [6.07, 6.45) is 2.82. The van der Waals surface area contributed by atoms with Crippen LogP contribution in [0.1, 0.15) is 113 Å². The van der Waals surface area contributed by atoms with Crippen LogP contribution in [-0.4, -0.2) is 130 Å². The van der Waals surface area contributed by atoms with Crippen LogP contribution in [0.5, 0.6) is 0 Å². The Labute approximate surface area is 444 Å². The molecule has 0 spiro atoms. The first-order chi connectivity index (χ1) is 35.4. The van der Waals surface area contributed by atoms with E-state index in [4.69, 9.17) is 9.47 Å². The minimum atomic E-state index is -0.738. The van der Waals surface area contributed by atoms with Crippen molar-refractivity contribution in [2.24, 2.45) is 10.8 Å². The molecule has 4 heterocycles. The Morgan fingerprint density at radius 3 is 1.35 bits per heavy atom. The molecule has 74 heavy (non-hydrogen) atoms. The molecule has 0 saturated carbocycles. The van der Waals surface area contributed by atoms with Crippen LogP contribution in [0.25, 0.3) is 0 Å². The average molecular weight is 1050 g/mol. The second-order valence-electron chi connectivity index (χ2n) is 22.3. The smallest absolute Gasteiger partial charge is 0.246 e. The van der Waals surface area contributed by atoms with Crippen molar-refractivity contribution in [3.05, 3.63) is 106 Å². The molecule has 6 aliphatic rings. The minimum Gasteiger partial charge on any atom is -0.371 e. The number of amides is 6. The Morgan fingerprint density at radius 1 is 0.595 bits per heavy atom. The molecule has 12 atom stereocenters. The molecule has 0 unspecified atom stereocenters. The van der Waals surface area contributed by atoms with Crippen LogP contribution in [0.2, 0.25) is 0 Å². The number of carbonyl (C=O) groups excluding carboxylic acids is 6. The number of benzene rings is 3. The lowest BCUT2D eigenvalue weighted by Crippen LogP contribution is -2.58. The van der Waals surface area contributed by atoms with Gasteiger partial charge >= 0.3 is 0 Å². The molecule has 0 bridgehead atoms. The van der Waals surface area contributed by atoms with Crippen LogP contribution in [0.15, 0.2) is 72.8 Å². The lowest BCUT2D eigenvalue weighted by Gasteiger charge is -2.35. The number of hydrogen-bond donors (Lipinski definition) is 6. The molecule has 18 heteroatoms. The maximum Gasteiger partial charge on any atom is 0.246 e. The molecule has 4 aliphatic heterocycles. The van der Waals surface area contributed by atoms with Crippen LogP contribution >= 0.6 is 23.5 Å². The van der Waals surface area contributed by atoms with Gasteiger partial charge in [0.1, 0.15) is 24.2 Å². The number of likely N-dealkylation sites (N-methyl/N-ethyl adjacent to an activating group) is 2. The van der Waals surface area contributed by atoms with Gasteiger partial charge in [-0.2, -0.15) is 0 Å². The van der Waals surface area contributed by atoms with Crippen LogP contribution in [0, 0.1) is 10.8 Å². The number of rotatable bonds is 16. The van der Waals surface area contributed by atoms with Gasteiger partial charge in [-0.1, -0.05) is 100 Å². The van der Waals surface area contributed by atoms with E-state index in [0.29, 0.717) is 63.2 Å². The van der Waals surface area contributed by atoms with Gasteiger partial charge in [-0.25, -0.2) is 0 Å². The number of thioether (sulfide) groups is 2. The molecule has 0 radical (unpaired) electrons. The summed E-state index contributed by atoms with van der Waals surface area (Å²) in [6.45, 7) is 12.3. The fourth-order valence-corrected chi connectivity index (χ4v) is 15.1. The average Bonchev–Trinajstić information content (AvgIpc) is 4.03. The largest absolute Gasteiger partial charge is 0.371 e. The Kier molecular flexibility index (Phi) is 16.2. The summed E-state index contributed by atoms with van der Waals surface area (Å²) in [6, 6.07) is 19.5. The predicted molar refractivity (Wildman–Crippen MR) is 286 cm³/mol. The Balaban J connectivity index is 0.841. The zero-order chi connectivity index (χ0) is 52.6. The molecular weight excluding hydrogens is 977 g/mol. The molecule has 2 aliphatic carbocycles. The van der Waals surface area contributed by atoms with Crippen LogP contribution in [0.3, 0.4) is 0 Å². The summed E-state index contributed by atoms with van der Waals surface area (Å²) in [4.78, 5) is 87.2. The number of carbonyl (C=O) groups is 6. The van der Waals surface area contributed by atoms with E-state index in [1.165, 1.54) is 0 Å². The van der Waals surface area contributed by atoms with Crippen molar-refractivity contribution in [1.29, 1.82) is 0 Å². The van der Waals surface area contributed by atoms with E-state index in [0.717, 1.165) is 33.4 Å². The number of hydrogen-bond acceptors (Lipinski definition) is 12. The lowest BCUT2D eigenvalue weighted by atomic mass is 9.83. The lowest BCUT2D eigenvalue weighted by molar-refractivity contribution is -0.144. The first-order valence-electron chi connectivity index (χ1n) is 26.3. The maximum atomic E-state index is 14.7. The van der Waals surface area contributed by atoms with Gasteiger partial charge in [-0.05, 0) is 109 Å². The fraction of sp³-hybridized carbons (Fsp3) is 0.571. The summed E-state index contributed by atoms with van der Waals surface area (Å²) in [5, 5.41) is 18.1. The molecule has 3 aromatic carbocycles. The summed E-state index contributed by atoms with van der Waals surface area (Å²) >= 11 is 3.35. The highest BCUT2D eigenvalue weighted by Crippen LogP contribution is 2.49. The SMILES string of the molecule is CN[C@@H](C)C(=O)N[C@H]1CCS[C@H]2CC(C)(C)[C@@H](C(=O)N[C@H]3c4ccccc4C[C@H]3OCc3ccc(CO[C@@H]4Cc5ccccc5[C@H]4NC(=O)[C@H]4N5C(=O)[C@@H](NC(=O)[C@H](C)NC)CCS[C@@H]5CC4(C)C)cc3)N2C1=O. The third-order valence-corrected chi connectivity index (χ3v) is 18.8. The quantitative estimate of drug-likeness (QED) is 0.116. The zero-order valence-electron chi connectivity index (χ0n) is 43.9. The third-order valence-electron chi connectivity index (χ3n) is 16.3. The number of fused-ring (bicyclic) bond motifs is 4. The number of nitrogens with one attached hydrogen (secondary N) is 6. The predicted octanol–water partition coefficient (Wildman–Crippen LogP) is 4.65. The van der Waals surface area contributed by atoms with E-state index in [-0.39, 0.29) is 58.4 Å². The number of nitrogens with zero attached hydrogens (tertiary/aromatic N) is 2. The Hall–Kier alpha value is -4.98. The Morgan fingerprint density at radius 2 is 0.973 bits per heavy atom. The molecule has 4 saturated heterocycles. The molecule has 398 valence electrons. The summed E-state index contributed by atoms with van der Waals surface area (Å²) in [5.41, 5.74) is 5.08. The van der Waals surface area contributed by atoms with Gasteiger partial charge in [0.15, 0.2) is 0 Å². The van der Waals surface area contributed by atoms with Crippen molar-refractivity contribution in [3.63, 3.8) is 0 Å². The van der Waals surface area contributed by atoms with E-state index >= 15 is 0 Å². The van der Waals surface area contributed by atoms with Gasteiger partial charge in [0.25, 0.3) is 0 Å². The second kappa shape index (κ2) is 22.3. The highest BCUT2D eigenvalue weighted by Gasteiger charge is 2.57. The van der Waals surface area contributed by atoms with Crippen molar-refractivity contribution in [2.75, 3.05) is 25.6 Å². The highest BCUT2D eigenvalue weighted by atomic mass is 32.2. The summed E-state index contributed by atoms with van der Waals surface area (Å²) in [5.74, 6) is -0.0156. The molecule has 0 aromatic heterocycles. The second-order valence-corrected chi connectivity index (χ2v) is 24.9. The third kappa shape index (κ3) is 11.0. The highest BCUT2D eigenvalue weighted by molar-refractivity contribution is 8.00. The van der Waals surface area contributed by atoms with Crippen molar-refractivity contribution < 1.29 is 38.2 Å². The van der Waals surface area contributed by atoms with Crippen molar-refractivity contribution in [3.8, 4) is 0 Å². The first kappa shape index (κ1) is 53.8. The van der Waals surface area contributed by atoms with Gasteiger partial charge in [-0.15, -0.1) is 23.5 Å². The minimum absolute atomic E-state index is 0.177. The van der Waals surface area contributed by atoms with Crippen LogP contribution in [0.4, 0.5) is 0 Å². The van der Waals surface area contributed by atoms with Crippen LogP contribution in [-0.2, 0) is 64.3 Å². The zero-order valence-corrected chi connectivity index (χ0v) is 45.5. The van der Waals surface area contributed by atoms with Gasteiger partial charge < -0.3 is 51.2 Å². The normalized spacial score (nSPS) is 29.5. The van der Waals surface area contributed by atoms with Crippen LogP contribution < -0.4 is 31.9 Å². The first-order valence-corrected chi connectivity index (χ1v) is 28.4. The van der Waals surface area contributed by atoms with E-state index in [1.807, 2.05) is 88.4 Å². The van der Waals surface area contributed by atoms with Gasteiger partial charge in [0.2, 0.25) is 35.4 Å². The van der Waals surface area contributed by atoms with Crippen molar-refractivity contribution in [1.82, 2.24) is 41.7 Å². The molecular formula is C56H74N8O8S2. The number of ether oxygens (including phenoxy) is 2.